The fourth-order valence-electron chi connectivity index (χ4n) is 0.328. The Morgan fingerprint density at radius 1 is 1.45 bits per heavy atom. The molecule has 0 saturated heterocycles. The third-order valence-electron chi connectivity index (χ3n) is 0.891. The lowest BCUT2D eigenvalue weighted by molar-refractivity contribution is 0.126. The largest absolute Gasteiger partial charge is 0.471 e. The molecule has 0 aromatic heterocycles. The van der Waals surface area contributed by atoms with Gasteiger partial charge >= 0.3 is 7.82 Å². The van der Waals surface area contributed by atoms with Gasteiger partial charge in [-0.25, -0.2) is 4.57 Å². The summed E-state index contributed by atoms with van der Waals surface area (Å²) in [5.74, 6) is 0. The molecule has 1 N–H and O–H groups in total. The van der Waals surface area contributed by atoms with Gasteiger partial charge < -0.3 is 4.89 Å². The molecule has 0 aromatic carbocycles. The first-order chi connectivity index (χ1) is 4.77. The number of hydrogen-bond acceptors (Lipinski definition) is 3. The molecule has 0 aliphatic rings. The van der Waals surface area contributed by atoms with Crippen molar-refractivity contribution in [3.05, 3.63) is 0 Å². The van der Waals surface area contributed by atoms with E-state index in [4.69, 9.17) is 4.89 Å². The topological polar surface area (TPSA) is 55.8 Å². The lowest BCUT2D eigenvalue weighted by Gasteiger charge is -2.19. The van der Waals surface area contributed by atoms with Gasteiger partial charge in [0.15, 0.2) is 0 Å². The van der Waals surface area contributed by atoms with Crippen molar-refractivity contribution in [1.82, 2.24) is 0 Å². The summed E-state index contributed by atoms with van der Waals surface area (Å²) < 4.78 is 19.6. The summed E-state index contributed by atoms with van der Waals surface area (Å²) in [6.45, 7) is 5.92. The lowest BCUT2D eigenvalue weighted by Crippen LogP contribution is -2.13. The average Bonchev–Trinajstić information content (AvgIpc) is 1.83. The van der Waals surface area contributed by atoms with E-state index >= 15 is 0 Å². The number of phosphoric ester groups is 1. The average molecular weight is 182 g/mol. The van der Waals surface area contributed by atoms with Gasteiger partial charge in [0.25, 0.3) is 0 Å². The SMILES string of the molecule is COP(=O)(O)OCC(C)(C)C. The van der Waals surface area contributed by atoms with Crippen LogP contribution in [0.15, 0.2) is 0 Å². The van der Waals surface area contributed by atoms with E-state index < -0.39 is 7.82 Å². The molecule has 0 saturated carbocycles. The summed E-state index contributed by atoms with van der Waals surface area (Å²) in [5, 5.41) is 0. The van der Waals surface area contributed by atoms with E-state index in [9.17, 15) is 4.57 Å². The van der Waals surface area contributed by atoms with Crippen LogP contribution in [0.1, 0.15) is 20.8 Å². The number of phosphoric acid groups is 1. The normalized spacial score (nSPS) is 17.9. The number of rotatable bonds is 3. The Kier molecular flexibility index (Phi) is 3.71. The quantitative estimate of drug-likeness (QED) is 0.676. The van der Waals surface area contributed by atoms with E-state index in [1.807, 2.05) is 20.8 Å². The maximum absolute atomic E-state index is 10.7. The second-order valence-corrected chi connectivity index (χ2v) is 5.05. The first kappa shape index (κ1) is 11.1. The predicted octanol–water partition coefficient (Wildman–Crippen LogP) is 1.80. The summed E-state index contributed by atoms with van der Waals surface area (Å²) in [4.78, 5) is 8.80. The summed E-state index contributed by atoms with van der Waals surface area (Å²) in [7, 11) is -2.63. The van der Waals surface area contributed by atoms with Gasteiger partial charge in [0.2, 0.25) is 0 Å². The molecule has 0 aliphatic carbocycles. The maximum atomic E-state index is 10.7. The smallest absolute Gasteiger partial charge is 0.303 e. The van der Waals surface area contributed by atoms with Crippen molar-refractivity contribution in [2.75, 3.05) is 13.7 Å². The zero-order valence-corrected chi connectivity index (χ0v) is 8.22. The molecule has 1 unspecified atom stereocenters. The maximum Gasteiger partial charge on any atom is 0.471 e. The molecule has 1 atom stereocenters. The highest BCUT2D eigenvalue weighted by Crippen LogP contribution is 2.43. The molecule has 5 heteroatoms. The molecular formula is C6H15O4P. The summed E-state index contributed by atoms with van der Waals surface area (Å²) in [5.41, 5.74) is -0.128. The fraction of sp³-hybridized carbons (Fsp3) is 1.00. The number of hydrogen-bond donors (Lipinski definition) is 1. The molecule has 0 aliphatic heterocycles. The second-order valence-electron chi connectivity index (χ2n) is 3.49. The van der Waals surface area contributed by atoms with Gasteiger partial charge in [0.1, 0.15) is 0 Å². The first-order valence-corrected chi connectivity index (χ1v) is 4.79. The Morgan fingerprint density at radius 3 is 2.18 bits per heavy atom. The molecule has 0 fully saturated rings. The van der Waals surface area contributed by atoms with Crippen molar-refractivity contribution >= 4 is 7.82 Å². The minimum atomic E-state index is -3.77. The highest BCUT2D eigenvalue weighted by Gasteiger charge is 2.22. The van der Waals surface area contributed by atoms with Gasteiger partial charge in [0, 0.05) is 7.11 Å². The van der Waals surface area contributed by atoms with Crippen molar-refractivity contribution in [3.8, 4) is 0 Å². The Labute approximate surface area is 67.1 Å². The Hall–Kier alpha value is 0.110. The van der Waals surface area contributed by atoms with Crippen LogP contribution in [0.25, 0.3) is 0 Å². The molecule has 0 heterocycles. The standard InChI is InChI=1S/C6H15O4P/c1-6(2,3)5-10-11(7,8)9-4/h5H2,1-4H3,(H,7,8). The zero-order chi connectivity index (χ0) is 9.12. The van der Waals surface area contributed by atoms with Crippen LogP contribution < -0.4 is 0 Å². The van der Waals surface area contributed by atoms with Gasteiger partial charge in [-0.15, -0.1) is 0 Å². The van der Waals surface area contributed by atoms with E-state index in [-0.39, 0.29) is 12.0 Å². The Bertz CT molecular complexity index is 160. The molecular weight excluding hydrogens is 167 g/mol. The van der Waals surface area contributed by atoms with Gasteiger partial charge in [-0.05, 0) is 5.41 Å². The lowest BCUT2D eigenvalue weighted by atomic mass is 9.99. The first-order valence-electron chi connectivity index (χ1n) is 3.30. The van der Waals surface area contributed by atoms with Crippen LogP contribution in [0.3, 0.4) is 0 Å². The van der Waals surface area contributed by atoms with Gasteiger partial charge in [-0.3, -0.25) is 9.05 Å². The highest BCUT2D eigenvalue weighted by atomic mass is 31.2. The zero-order valence-electron chi connectivity index (χ0n) is 7.33. The van der Waals surface area contributed by atoms with Crippen molar-refractivity contribution in [2.45, 2.75) is 20.8 Å². The van der Waals surface area contributed by atoms with Gasteiger partial charge in [-0.2, -0.15) is 0 Å². The van der Waals surface area contributed by atoms with Crippen molar-refractivity contribution in [3.63, 3.8) is 0 Å². The summed E-state index contributed by atoms with van der Waals surface area (Å²) >= 11 is 0. The minimum absolute atomic E-state index is 0.128. The minimum Gasteiger partial charge on any atom is -0.303 e. The van der Waals surface area contributed by atoms with E-state index in [2.05, 4.69) is 9.05 Å². The van der Waals surface area contributed by atoms with Crippen LogP contribution in [0.5, 0.6) is 0 Å². The molecule has 0 radical (unpaired) electrons. The van der Waals surface area contributed by atoms with E-state index in [0.717, 1.165) is 7.11 Å². The van der Waals surface area contributed by atoms with Crippen molar-refractivity contribution in [1.29, 1.82) is 0 Å². The van der Waals surface area contributed by atoms with Crippen LogP contribution in [0.4, 0.5) is 0 Å². The molecule has 68 valence electrons. The molecule has 0 amide bonds. The van der Waals surface area contributed by atoms with Crippen LogP contribution in [-0.2, 0) is 13.6 Å². The second kappa shape index (κ2) is 3.68. The Morgan fingerprint density at radius 2 is 1.91 bits per heavy atom. The molecule has 0 spiro atoms. The monoisotopic (exact) mass is 182 g/mol. The van der Waals surface area contributed by atoms with Crippen LogP contribution in [0, 0.1) is 5.41 Å². The van der Waals surface area contributed by atoms with E-state index in [1.54, 1.807) is 0 Å². The summed E-state index contributed by atoms with van der Waals surface area (Å²) in [6.07, 6.45) is 0. The molecule has 4 nitrogen and oxygen atoms in total. The van der Waals surface area contributed by atoms with Gasteiger partial charge in [0.05, 0.1) is 6.61 Å². The third-order valence-corrected chi connectivity index (χ3v) is 1.81. The fourth-order valence-corrected chi connectivity index (χ4v) is 0.984. The van der Waals surface area contributed by atoms with Crippen LogP contribution in [0.2, 0.25) is 0 Å². The predicted molar refractivity (Wildman–Crippen MR) is 42.2 cm³/mol. The van der Waals surface area contributed by atoms with Crippen LogP contribution >= 0.6 is 7.82 Å². The molecule has 0 bridgehead atoms. The van der Waals surface area contributed by atoms with Crippen molar-refractivity contribution < 1.29 is 18.5 Å². The van der Waals surface area contributed by atoms with E-state index in [0.29, 0.717) is 0 Å². The van der Waals surface area contributed by atoms with Gasteiger partial charge in [-0.1, -0.05) is 20.8 Å². The highest BCUT2D eigenvalue weighted by molar-refractivity contribution is 7.47. The Balaban J connectivity index is 3.80. The van der Waals surface area contributed by atoms with E-state index in [1.165, 1.54) is 0 Å². The third kappa shape index (κ3) is 6.51. The van der Waals surface area contributed by atoms with Crippen LogP contribution in [-0.4, -0.2) is 18.6 Å². The van der Waals surface area contributed by atoms with Crippen molar-refractivity contribution in [2.24, 2.45) is 5.41 Å². The molecule has 0 aromatic rings. The molecule has 11 heavy (non-hydrogen) atoms. The summed E-state index contributed by atoms with van der Waals surface area (Å²) in [6, 6.07) is 0. The molecule has 0 rings (SSSR count).